The normalized spacial score (nSPS) is 11.0. The standard InChI is InChI=1S/C17H15Cl2N3O3/c18-11-3-1-4-12(19)15(11)21-17-20-13-9-10(16(24)25)5-6-14(13)22(17)7-2-8-23/h1,3-6,9,23H,2,7-8H2,(H,20,21)(H,24,25). The number of fused-ring (bicyclic) bond motifs is 1. The number of aromatic nitrogens is 2. The van der Waals surface area contributed by atoms with Crippen molar-refractivity contribution in [3.63, 3.8) is 0 Å². The molecule has 130 valence electrons. The summed E-state index contributed by atoms with van der Waals surface area (Å²) >= 11 is 12.4. The van der Waals surface area contributed by atoms with E-state index < -0.39 is 5.97 Å². The second-order valence-electron chi connectivity index (χ2n) is 5.39. The van der Waals surface area contributed by atoms with Gasteiger partial charge in [0.2, 0.25) is 5.95 Å². The van der Waals surface area contributed by atoms with Crippen molar-refractivity contribution in [2.75, 3.05) is 11.9 Å². The van der Waals surface area contributed by atoms with Crippen molar-refractivity contribution < 1.29 is 15.0 Å². The summed E-state index contributed by atoms with van der Waals surface area (Å²) in [5, 5.41) is 22.3. The fourth-order valence-corrected chi connectivity index (χ4v) is 3.03. The van der Waals surface area contributed by atoms with E-state index in [9.17, 15) is 4.79 Å². The molecule has 2 aromatic carbocycles. The Morgan fingerprint density at radius 1 is 1.20 bits per heavy atom. The van der Waals surface area contributed by atoms with Gasteiger partial charge in [0.25, 0.3) is 0 Å². The fraction of sp³-hybridized carbons (Fsp3) is 0.176. The van der Waals surface area contributed by atoms with Gasteiger partial charge in [-0.3, -0.25) is 0 Å². The molecule has 0 atom stereocenters. The molecule has 0 bridgehead atoms. The Morgan fingerprint density at radius 2 is 1.92 bits per heavy atom. The zero-order valence-corrected chi connectivity index (χ0v) is 14.6. The van der Waals surface area contributed by atoms with Crippen LogP contribution in [0.25, 0.3) is 11.0 Å². The lowest BCUT2D eigenvalue weighted by Crippen LogP contribution is -2.06. The summed E-state index contributed by atoms with van der Waals surface area (Å²) in [6, 6.07) is 9.88. The molecule has 0 fully saturated rings. The zero-order chi connectivity index (χ0) is 18.0. The van der Waals surface area contributed by atoms with Crippen LogP contribution in [0.5, 0.6) is 0 Å². The highest BCUT2D eigenvalue weighted by atomic mass is 35.5. The Labute approximate surface area is 153 Å². The number of aromatic carboxylic acids is 1. The molecule has 3 aromatic rings. The van der Waals surface area contributed by atoms with E-state index in [2.05, 4.69) is 10.3 Å². The van der Waals surface area contributed by atoms with E-state index in [0.717, 1.165) is 5.52 Å². The number of nitrogens with one attached hydrogen (secondary N) is 1. The number of hydrogen-bond donors (Lipinski definition) is 3. The monoisotopic (exact) mass is 379 g/mol. The maximum Gasteiger partial charge on any atom is 0.335 e. The molecular weight excluding hydrogens is 365 g/mol. The molecule has 3 N–H and O–H groups in total. The van der Waals surface area contributed by atoms with Gasteiger partial charge < -0.3 is 20.1 Å². The van der Waals surface area contributed by atoms with Crippen LogP contribution in [0.4, 0.5) is 11.6 Å². The van der Waals surface area contributed by atoms with Crippen molar-refractivity contribution in [1.82, 2.24) is 9.55 Å². The molecule has 0 spiro atoms. The number of aliphatic hydroxyl groups excluding tert-OH is 1. The van der Waals surface area contributed by atoms with E-state index in [1.807, 2.05) is 4.57 Å². The van der Waals surface area contributed by atoms with Crippen LogP contribution in [0, 0.1) is 0 Å². The van der Waals surface area contributed by atoms with Crippen LogP contribution in [0.1, 0.15) is 16.8 Å². The number of imidazole rings is 1. The zero-order valence-electron chi connectivity index (χ0n) is 13.0. The SMILES string of the molecule is O=C(O)c1ccc2c(c1)nc(Nc1c(Cl)cccc1Cl)n2CCCO. The van der Waals surface area contributed by atoms with Crippen LogP contribution in [-0.2, 0) is 6.54 Å². The van der Waals surface area contributed by atoms with E-state index in [-0.39, 0.29) is 12.2 Å². The van der Waals surface area contributed by atoms with Crippen molar-refractivity contribution in [2.45, 2.75) is 13.0 Å². The topological polar surface area (TPSA) is 87.4 Å². The van der Waals surface area contributed by atoms with Gasteiger partial charge in [0.1, 0.15) is 0 Å². The van der Waals surface area contributed by atoms with Crippen LogP contribution >= 0.6 is 23.2 Å². The molecule has 0 saturated carbocycles. The van der Waals surface area contributed by atoms with Gasteiger partial charge in [-0.25, -0.2) is 9.78 Å². The van der Waals surface area contributed by atoms with Gasteiger partial charge in [-0.1, -0.05) is 29.3 Å². The first-order chi connectivity index (χ1) is 12.0. The van der Waals surface area contributed by atoms with Gasteiger partial charge in [0.15, 0.2) is 0 Å². The fourth-order valence-electron chi connectivity index (χ4n) is 2.54. The van der Waals surface area contributed by atoms with Gasteiger partial charge in [0, 0.05) is 13.2 Å². The Morgan fingerprint density at radius 3 is 2.56 bits per heavy atom. The molecule has 6 nitrogen and oxygen atoms in total. The largest absolute Gasteiger partial charge is 0.478 e. The quantitative estimate of drug-likeness (QED) is 0.598. The molecule has 0 radical (unpaired) electrons. The first kappa shape index (κ1) is 17.5. The molecule has 0 saturated heterocycles. The highest BCUT2D eigenvalue weighted by Crippen LogP contribution is 2.33. The first-order valence-corrected chi connectivity index (χ1v) is 8.32. The van der Waals surface area contributed by atoms with Crippen molar-refractivity contribution in [3.8, 4) is 0 Å². The number of para-hydroxylation sites is 1. The van der Waals surface area contributed by atoms with Crippen LogP contribution in [0.3, 0.4) is 0 Å². The molecule has 0 unspecified atom stereocenters. The highest BCUT2D eigenvalue weighted by molar-refractivity contribution is 6.39. The molecule has 1 aromatic heterocycles. The number of aliphatic hydroxyl groups is 1. The Bertz CT molecular complexity index is 920. The van der Waals surface area contributed by atoms with Gasteiger partial charge in [0.05, 0.1) is 32.3 Å². The second kappa shape index (κ2) is 7.31. The lowest BCUT2D eigenvalue weighted by Gasteiger charge is -2.12. The van der Waals surface area contributed by atoms with Crippen molar-refractivity contribution in [2.24, 2.45) is 0 Å². The molecule has 0 amide bonds. The molecule has 0 aliphatic heterocycles. The smallest absolute Gasteiger partial charge is 0.335 e. The summed E-state index contributed by atoms with van der Waals surface area (Å²) in [4.78, 5) is 15.6. The number of halogens is 2. The molecule has 0 aliphatic carbocycles. The van der Waals surface area contributed by atoms with Crippen LogP contribution < -0.4 is 5.32 Å². The second-order valence-corrected chi connectivity index (χ2v) is 6.21. The van der Waals surface area contributed by atoms with Gasteiger partial charge in [-0.15, -0.1) is 0 Å². The minimum Gasteiger partial charge on any atom is -0.478 e. The molecule has 25 heavy (non-hydrogen) atoms. The van der Waals surface area contributed by atoms with Crippen LogP contribution in [0.15, 0.2) is 36.4 Å². The number of carboxylic acid groups (broad SMARTS) is 1. The molecular formula is C17H15Cl2N3O3. The molecule has 3 rings (SSSR count). The van der Waals surface area contributed by atoms with Crippen molar-refractivity contribution in [3.05, 3.63) is 52.0 Å². The third-order valence-corrected chi connectivity index (χ3v) is 4.36. The predicted molar refractivity (Wildman–Crippen MR) is 98.1 cm³/mol. The van der Waals surface area contributed by atoms with Gasteiger partial charge >= 0.3 is 5.97 Å². The summed E-state index contributed by atoms with van der Waals surface area (Å²) in [6.07, 6.45) is 0.525. The average molecular weight is 380 g/mol. The number of carboxylic acids is 1. The highest BCUT2D eigenvalue weighted by Gasteiger charge is 2.15. The summed E-state index contributed by atoms with van der Waals surface area (Å²) in [5.74, 6) is -0.545. The first-order valence-electron chi connectivity index (χ1n) is 7.56. The Balaban J connectivity index is 2.10. The van der Waals surface area contributed by atoms with E-state index >= 15 is 0 Å². The number of benzene rings is 2. The maximum atomic E-state index is 11.2. The number of rotatable bonds is 6. The third-order valence-electron chi connectivity index (χ3n) is 3.73. The summed E-state index contributed by atoms with van der Waals surface area (Å²) < 4.78 is 1.86. The molecule has 8 heteroatoms. The number of hydrogen-bond acceptors (Lipinski definition) is 4. The molecule has 1 heterocycles. The van der Waals surface area contributed by atoms with E-state index in [1.165, 1.54) is 12.1 Å². The summed E-state index contributed by atoms with van der Waals surface area (Å²) in [5.41, 5.74) is 1.96. The Hall–Kier alpha value is -2.28. The van der Waals surface area contributed by atoms with Crippen molar-refractivity contribution >= 4 is 51.8 Å². The third kappa shape index (κ3) is 3.56. The van der Waals surface area contributed by atoms with Gasteiger partial charge in [-0.05, 0) is 36.8 Å². The average Bonchev–Trinajstić information content (AvgIpc) is 2.92. The maximum absolute atomic E-state index is 11.2. The number of nitrogens with zero attached hydrogens (tertiary/aromatic N) is 2. The molecule has 0 aliphatic rings. The van der Waals surface area contributed by atoms with Crippen LogP contribution in [-0.4, -0.2) is 32.3 Å². The summed E-state index contributed by atoms with van der Waals surface area (Å²) in [6.45, 7) is 0.531. The van der Waals surface area contributed by atoms with E-state index in [1.54, 1.807) is 24.3 Å². The number of carbonyl (C=O) groups is 1. The van der Waals surface area contributed by atoms with Crippen molar-refractivity contribution in [1.29, 1.82) is 0 Å². The van der Waals surface area contributed by atoms with E-state index in [4.69, 9.17) is 33.4 Å². The lowest BCUT2D eigenvalue weighted by atomic mass is 10.2. The minimum atomic E-state index is -1.02. The Kier molecular flexibility index (Phi) is 5.13. The van der Waals surface area contributed by atoms with E-state index in [0.29, 0.717) is 40.2 Å². The number of anilines is 2. The van der Waals surface area contributed by atoms with Crippen LogP contribution in [0.2, 0.25) is 10.0 Å². The lowest BCUT2D eigenvalue weighted by molar-refractivity contribution is 0.0697. The summed E-state index contributed by atoms with van der Waals surface area (Å²) in [7, 11) is 0. The van der Waals surface area contributed by atoms with Gasteiger partial charge in [-0.2, -0.15) is 0 Å². The predicted octanol–water partition coefficient (Wildman–Crippen LogP) is 4.17. The number of aryl methyl sites for hydroxylation is 1. The minimum absolute atomic E-state index is 0.0270.